The lowest BCUT2D eigenvalue weighted by Gasteiger charge is -2.10. The van der Waals surface area contributed by atoms with E-state index in [-0.39, 0.29) is 0 Å². The molecular weight excluding hydrogens is 158 g/mol. The summed E-state index contributed by atoms with van der Waals surface area (Å²) in [4.78, 5) is 0. The number of nitrogens with zero attached hydrogens (tertiary/aromatic N) is 1. The number of rotatable bonds is 4. The molecule has 0 aliphatic rings. The highest BCUT2D eigenvalue weighted by molar-refractivity contribution is 5.13. The lowest BCUT2D eigenvalue weighted by Crippen LogP contribution is -1.96. The van der Waals surface area contributed by atoms with Gasteiger partial charge in [0.1, 0.15) is 0 Å². The average molecular weight is 177 g/mol. The third kappa shape index (κ3) is 6.16. The first kappa shape index (κ1) is 12.0. The molecule has 0 rings (SSSR count). The van der Waals surface area contributed by atoms with Crippen LogP contribution in [0.25, 0.3) is 0 Å². The fourth-order valence-corrected chi connectivity index (χ4v) is 1.38. The van der Waals surface area contributed by atoms with E-state index < -0.39 is 0 Å². The molecule has 0 saturated carbocycles. The SMILES string of the molecule is CCC(C=C(C)C)C/C(C)=C/C#N. The highest BCUT2D eigenvalue weighted by atomic mass is 14.2. The molecule has 72 valence electrons. The zero-order valence-corrected chi connectivity index (χ0v) is 9.09. The summed E-state index contributed by atoms with van der Waals surface area (Å²) in [5, 5.41) is 8.46. The van der Waals surface area contributed by atoms with E-state index >= 15 is 0 Å². The Balaban J connectivity index is 4.23. The second-order valence-corrected chi connectivity index (χ2v) is 3.74. The average Bonchev–Trinajstić information content (AvgIpc) is 2.02. The maximum absolute atomic E-state index is 8.46. The van der Waals surface area contributed by atoms with E-state index in [1.54, 1.807) is 6.08 Å². The standard InChI is InChI=1S/C12H19N/c1-5-12(8-10(2)3)9-11(4)6-7-13/h6,8,12H,5,9H2,1-4H3/b11-6+. The molecule has 0 aliphatic heterocycles. The Bertz CT molecular complexity index is 236. The van der Waals surface area contributed by atoms with Gasteiger partial charge in [-0.05, 0) is 39.5 Å². The second kappa shape index (κ2) is 6.48. The zero-order valence-electron chi connectivity index (χ0n) is 9.09. The molecule has 0 aromatic carbocycles. The third-order valence-electron chi connectivity index (χ3n) is 1.99. The van der Waals surface area contributed by atoms with Gasteiger partial charge >= 0.3 is 0 Å². The van der Waals surface area contributed by atoms with Crippen LogP contribution in [0, 0.1) is 17.2 Å². The van der Waals surface area contributed by atoms with Crippen LogP contribution < -0.4 is 0 Å². The van der Waals surface area contributed by atoms with E-state index in [2.05, 4.69) is 32.9 Å². The van der Waals surface area contributed by atoms with Gasteiger partial charge < -0.3 is 0 Å². The van der Waals surface area contributed by atoms with Crippen molar-refractivity contribution in [2.45, 2.75) is 40.5 Å². The molecule has 13 heavy (non-hydrogen) atoms. The van der Waals surface area contributed by atoms with Crippen LogP contribution in [0.4, 0.5) is 0 Å². The van der Waals surface area contributed by atoms with E-state index in [1.165, 1.54) is 11.1 Å². The van der Waals surface area contributed by atoms with Crippen LogP contribution in [0.2, 0.25) is 0 Å². The van der Waals surface area contributed by atoms with Gasteiger partial charge in [-0.25, -0.2) is 0 Å². The van der Waals surface area contributed by atoms with Crippen molar-refractivity contribution in [3.05, 3.63) is 23.3 Å². The van der Waals surface area contributed by atoms with Gasteiger partial charge in [-0.1, -0.05) is 24.1 Å². The molecule has 1 nitrogen and oxygen atoms in total. The number of nitriles is 1. The summed E-state index contributed by atoms with van der Waals surface area (Å²) in [6.45, 7) is 8.44. The minimum atomic E-state index is 0.592. The fourth-order valence-electron chi connectivity index (χ4n) is 1.38. The Hall–Kier alpha value is -1.03. The summed E-state index contributed by atoms with van der Waals surface area (Å²) in [5.41, 5.74) is 2.53. The summed E-state index contributed by atoms with van der Waals surface area (Å²) in [6.07, 6.45) is 6.08. The molecule has 0 fully saturated rings. The van der Waals surface area contributed by atoms with Crippen molar-refractivity contribution < 1.29 is 0 Å². The lowest BCUT2D eigenvalue weighted by molar-refractivity contribution is 0.616. The van der Waals surface area contributed by atoms with Gasteiger partial charge in [0, 0.05) is 6.08 Å². The third-order valence-corrected chi connectivity index (χ3v) is 1.99. The van der Waals surface area contributed by atoms with E-state index in [4.69, 9.17) is 5.26 Å². The first-order valence-corrected chi connectivity index (χ1v) is 4.80. The van der Waals surface area contributed by atoms with E-state index in [0.29, 0.717) is 5.92 Å². The Kier molecular flexibility index (Phi) is 5.97. The molecule has 1 heteroatoms. The summed E-state index contributed by atoms with van der Waals surface area (Å²) in [7, 11) is 0. The van der Waals surface area contributed by atoms with Gasteiger partial charge in [0.2, 0.25) is 0 Å². The smallest absolute Gasteiger partial charge is 0.0911 e. The van der Waals surface area contributed by atoms with Crippen LogP contribution in [-0.4, -0.2) is 0 Å². The molecule has 0 N–H and O–H groups in total. The number of allylic oxidation sites excluding steroid dienone is 4. The largest absolute Gasteiger partial charge is 0.193 e. The minimum absolute atomic E-state index is 0.592. The molecule has 0 aliphatic carbocycles. The van der Waals surface area contributed by atoms with Crippen LogP contribution in [0.3, 0.4) is 0 Å². The Morgan fingerprint density at radius 2 is 2.00 bits per heavy atom. The molecular formula is C12H19N. The molecule has 1 atom stereocenters. The van der Waals surface area contributed by atoms with Crippen molar-refractivity contribution in [1.82, 2.24) is 0 Å². The van der Waals surface area contributed by atoms with Crippen LogP contribution in [-0.2, 0) is 0 Å². The molecule has 0 saturated heterocycles. The Labute approximate surface area is 81.8 Å². The molecule has 1 unspecified atom stereocenters. The molecule has 0 spiro atoms. The number of hydrogen-bond donors (Lipinski definition) is 0. The van der Waals surface area contributed by atoms with Crippen molar-refractivity contribution >= 4 is 0 Å². The monoisotopic (exact) mass is 177 g/mol. The van der Waals surface area contributed by atoms with E-state index in [1.807, 2.05) is 6.92 Å². The van der Waals surface area contributed by atoms with Gasteiger partial charge in [0.05, 0.1) is 6.07 Å². The summed E-state index contributed by atoms with van der Waals surface area (Å²) < 4.78 is 0. The minimum Gasteiger partial charge on any atom is -0.193 e. The van der Waals surface area contributed by atoms with E-state index in [9.17, 15) is 0 Å². The summed E-state index contributed by atoms with van der Waals surface area (Å²) >= 11 is 0. The second-order valence-electron chi connectivity index (χ2n) is 3.74. The predicted octanol–water partition coefficient (Wildman–Crippen LogP) is 3.84. The first-order valence-electron chi connectivity index (χ1n) is 4.80. The summed E-state index contributed by atoms with van der Waals surface area (Å²) in [5.74, 6) is 0.592. The normalized spacial score (nSPS) is 13.3. The van der Waals surface area contributed by atoms with E-state index in [0.717, 1.165) is 12.8 Å². The van der Waals surface area contributed by atoms with Crippen molar-refractivity contribution in [1.29, 1.82) is 5.26 Å². The molecule has 0 aromatic rings. The number of hydrogen-bond acceptors (Lipinski definition) is 1. The molecule has 0 radical (unpaired) electrons. The quantitative estimate of drug-likeness (QED) is 0.473. The van der Waals surface area contributed by atoms with Crippen LogP contribution in [0.15, 0.2) is 23.3 Å². The Morgan fingerprint density at radius 3 is 2.38 bits per heavy atom. The Morgan fingerprint density at radius 1 is 1.38 bits per heavy atom. The van der Waals surface area contributed by atoms with Crippen molar-refractivity contribution in [2.75, 3.05) is 0 Å². The van der Waals surface area contributed by atoms with Crippen molar-refractivity contribution in [3.8, 4) is 6.07 Å². The van der Waals surface area contributed by atoms with Crippen LogP contribution in [0.5, 0.6) is 0 Å². The van der Waals surface area contributed by atoms with Gasteiger partial charge in [0.15, 0.2) is 0 Å². The van der Waals surface area contributed by atoms with Crippen LogP contribution >= 0.6 is 0 Å². The fraction of sp³-hybridized carbons (Fsp3) is 0.583. The predicted molar refractivity (Wildman–Crippen MR) is 57.2 cm³/mol. The van der Waals surface area contributed by atoms with Crippen molar-refractivity contribution in [2.24, 2.45) is 5.92 Å². The van der Waals surface area contributed by atoms with Gasteiger partial charge in [-0.3, -0.25) is 0 Å². The van der Waals surface area contributed by atoms with Crippen LogP contribution in [0.1, 0.15) is 40.5 Å². The first-order chi connectivity index (χ1) is 6.10. The van der Waals surface area contributed by atoms with Gasteiger partial charge in [-0.15, -0.1) is 0 Å². The molecule has 0 amide bonds. The van der Waals surface area contributed by atoms with Gasteiger partial charge in [-0.2, -0.15) is 5.26 Å². The van der Waals surface area contributed by atoms with Crippen molar-refractivity contribution in [3.63, 3.8) is 0 Å². The molecule has 0 heterocycles. The molecule has 0 bridgehead atoms. The highest BCUT2D eigenvalue weighted by Crippen LogP contribution is 2.17. The highest BCUT2D eigenvalue weighted by Gasteiger charge is 2.02. The maximum atomic E-state index is 8.46. The topological polar surface area (TPSA) is 23.8 Å². The maximum Gasteiger partial charge on any atom is 0.0911 e. The van der Waals surface area contributed by atoms with Gasteiger partial charge in [0.25, 0.3) is 0 Å². The zero-order chi connectivity index (χ0) is 10.3. The summed E-state index contributed by atoms with van der Waals surface area (Å²) in [6, 6.07) is 2.07. The molecule has 0 aromatic heterocycles. The lowest BCUT2D eigenvalue weighted by atomic mass is 9.95.